The standard InChI is InChI=1S/C13H20ClNO/c1-9-8-12(16-5)10(2)11(3)13(9)15(4)7-6-14/h8H,6-7H2,1-5H3. The molecule has 0 N–H and O–H groups in total. The Hall–Kier alpha value is -0.890. The Labute approximate surface area is 103 Å². The summed E-state index contributed by atoms with van der Waals surface area (Å²) in [7, 11) is 3.78. The van der Waals surface area contributed by atoms with Crippen molar-refractivity contribution >= 4 is 17.3 Å². The molecule has 0 heterocycles. The lowest BCUT2D eigenvalue weighted by molar-refractivity contribution is 0.411. The molecule has 1 aromatic rings. The fourth-order valence-corrected chi connectivity index (χ4v) is 2.32. The number of nitrogens with zero attached hydrogens (tertiary/aromatic N) is 1. The Morgan fingerprint density at radius 1 is 1.25 bits per heavy atom. The van der Waals surface area contributed by atoms with Crippen molar-refractivity contribution in [2.24, 2.45) is 0 Å². The van der Waals surface area contributed by atoms with Crippen LogP contribution in [0.15, 0.2) is 6.07 Å². The second kappa shape index (κ2) is 5.44. The third kappa shape index (κ3) is 2.43. The number of rotatable bonds is 4. The molecule has 90 valence electrons. The molecule has 0 aromatic heterocycles. The van der Waals surface area contributed by atoms with Gasteiger partial charge in [-0.15, -0.1) is 11.6 Å². The van der Waals surface area contributed by atoms with Crippen LogP contribution in [-0.2, 0) is 0 Å². The number of halogens is 1. The number of benzene rings is 1. The lowest BCUT2D eigenvalue weighted by Gasteiger charge is -2.25. The van der Waals surface area contributed by atoms with E-state index >= 15 is 0 Å². The molecule has 0 bridgehead atoms. The third-order valence-corrected chi connectivity index (χ3v) is 3.20. The average Bonchev–Trinajstić information content (AvgIpc) is 2.24. The van der Waals surface area contributed by atoms with Crippen LogP contribution in [0.1, 0.15) is 16.7 Å². The maximum absolute atomic E-state index is 5.78. The molecule has 0 saturated carbocycles. The van der Waals surface area contributed by atoms with Crippen LogP contribution < -0.4 is 9.64 Å². The molecule has 0 fully saturated rings. The van der Waals surface area contributed by atoms with Crippen molar-refractivity contribution in [3.05, 3.63) is 22.8 Å². The number of ether oxygens (including phenoxy) is 1. The Kier molecular flexibility index (Phi) is 4.48. The SMILES string of the molecule is COc1cc(C)c(N(C)CCCl)c(C)c1C. The van der Waals surface area contributed by atoms with Gasteiger partial charge in [0.15, 0.2) is 0 Å². The summed E-state index contributed by atoms with van der Waals surface area (Å²) in [6.45, 7) is 7.18. The first kappa shape index (κ1) is 13.2. The first-order valence-electron chi connectivity index (χ1n) is 5.44. The fourth-order valence-electron chi connectivity index (χ4n) is 2.07. The molecule has 0 unspecified atom stereocenters. The van der Waals surface area contributed by atoms with Gasteiger partial charge in [0.2, 0.25) is 0 Å². The van der Waals surface area contributed by atoms with Gasteiger partial charge in [-0.1, -0.05) is 0 Å². The highest BCUT2D eigenvalue weighted by molar-refractivity contribution is 6.18. The topological polar surface area (TPSA) is 12.5 Å². The lowest BCUT2D eigenvalue weighted by atomic mass is 10.0. The highest BCUT2D eigenvalue weighted by atomic mass is 35.5. The fraction of sp³-hybridized carbons (Fsp3) is 0.538. The molecule has 0 amide bonds. The molecule has 3 heteroatoms. The van der Waals surface area contributed by atoms with Crippen molar-refractivity contribution < 1.29 is 4.74 Å². The van der Waals surface area contributed by atoms with E-state index in [1.165, 1.54) is 22.4 Å². The Morgan fingerprint density at radius 3 is 2.38 bits per heavy atom. The van der Waals surface area contributed by atoms with E-state index in [2.05, 4.69) is 38.8 Å². The van der Waals surface area contributed by atoms with Crippen LogP contribution in [0.2, 0.25) is 0 Å². The van der Waals surface area contributed by atoms with Gasteiger partial charge in [0.05, 0.1) is 7.11 Å². The zero-order chi connectivity index (χ0) is 12.3. The van der Waals surface area contributed by atoms with Crippen LogP contribution in [-0.4, -0.2) is 26.6 Å². The van der Waals surface area contributed by atoms with Crippen LogP contribution in [0.4, 0.5) is 5.69 Å². The summed E-state index contributed by atoms with van der Waals surface area (Å²) < 4.78 is 5.36. The maximum Gasteiger partial charge on any atom is 0.122 e. The predicted molar refractivity (Wildman–Crippen MR) is 71.2 cm³/mol. The van der Waals surface area contributed by atoms with Crippen LogP contribution >= 0.6 is 11.6 Å². The van der Waals surface area contributed by atoms with Crippen molar-refractivity contribution in [3.63, 3.8) is 0 Å². The molecule has 0 spiro atoms. The lowest BCUT2D eigenvalue weighted by Crippen LogP contribution is -2.22. The van der Waals surface area contributed by atoms with Crippen LogP contribution in [0.25, 0.3) is 0 Å². The number of aryl methyl sites for hydroxylation is 1. The molecule has 0 aliphatic carbocycles. The van der Waals surface area contributed by atoms with E-state index in [4.69, 9.17) is 16.3 Å². The van der Waals surface area contributed by atoms with E-state index in [-0.39, 0.29) is 0 Å². The molecule has 0 radical (unpaired) electrons. The van der Waals surface area contributed by atoms with Crippen molar-refractivity contribution in [2.45, 2.75) is 20.8 Å². The van der Waals surface area contributed by atoms with Gasteiger partial charge in [-0.25, -0.2) is 0 Å². The summed E-state index contributed by atoms with van der Waals surface area (Å²) in [5, 5.41) is 0. The van der Waals surface area contributed by atoms with E-state index in [1.807, 2.05) is 0 Å². The quantitative estimate of drug-likeness (QED) is 0.750. The van der Waals surface area contributed by atoms with Crippen LogP contribution in [0.5, 0.6) is 5.75 Å². The van der Waals surface area contributed by atoms with Crippen molar-refractivity contribution in [1.82, 2.24) is 0 Å². The number of alkyl halides is 1. The van der Waals surface area contributed by atoms with Crippen molar-refractivity contribution in [2.75, 3.05) is 31.5 Å². The minimum absolute atomic E-state index is 0.639. The molecular weight excluding hydrogens is 222 g/mol. The minimum atomic E-state index is 0.639. The Morgan fingerprint density at radius 2 is 1.88 bits per heavy atom. The normalized spacial score (nSPS) is 10.4. The van der Waals surface area contributed by atoms with Gasteiger partial charge in [0.1, 0.15) is 5.75 Å². The van der Waals surface area contributed by atoms with E-state index < -0.39 is 0 Å². The van der Waals surface area contributed by atoms with E-state index in [0.29, 0.717) is 5.88 Å². The Bertz CT molecular complexity index is 377. The van der Waals surface area contributed by atoms with Gasteiger partial charge < -0.3 is 9.64 Å². The summed E-state index contributed by atoms with van der Waals surface area (Å²) in [6, 6.07) is 2.09. The molecule has 1 aromatic carbocycles. The van der Waals surface area contributed by atoms with E-state index in [0.717, 1.165) is 12.3 Å². The van der Waals surface area contributed by atoms with Crippen molar-refractivity contribution in [1.29, 1.82) is 0 Å². The zero-order valence-electron chi connectivity index (χ0n) is 10.7. The first-order valence-corrected chi connectivity index (χ1v) is 5.98. The number of hydrogen-bond donors (Lipinski definition) is 0. The van der Waals surface area contributed by atoms with E-state index in [9.17, 15) is 0 Å². The molecule has 0 atom stereocenters. The summed E-state index contributed by atoms with van der Waals surface area (Å²) in [4.78, 5) is 2.20. The highest BCUT2D eigenvalue weighted by Gasteiger charge is 2.13. The summed E-state index contributed by atoms with van der Waals surface area (Å²) in [6.07, 6.45) is 0. The van der Waals surface area contributed by atoms with Gasteiger partial charge in [-0.3, -0.25) is 0 Å². The molecule has 2 nitrogen and oxygen atoms in total. The number of anilines is 1. The highest BCUT2D eigenvalue weighted by Crippen LogP contribution is 2.32. The number of methoxy groups -OCH3 is 1. The molecule has 0 aliphatic heterocycles. The van der Waals surface area contributed by atoms with Crippen LogP contribution in [0, 0.1) is 20.8 Å². The Balaban J connectivity index is 3.24. The maximum atomic E-state index is 5.78. The van der Waals surface area contributed by atoms with Gasteiger partial charge in [-0.2, -0.15) is 0 Å². The monoisotopic (exact) mass is 241 g/mol. The summed E-state index contributed by atoms with van der Waals surface area (Å²) >= 11 is 5.78. The second-order valence-electron chi connectivity index (χ2n) is 4.10. The zero-order valence-corrected chi connectivity index (χ0v) is 11.5. The summed E-state index contributed by atoms with van der Waals surface area (Å²) in [5.41, 5.74) is 4.96. The van der Waals surface area contributed by atoms with Gasteiger partial charge in [0, 0.05) is 25.2 Å². The number of hydrogen-bond acceptors (Lipinski definition) is 2. The second-order valence-corrected chi connectivity index (χ2v) is 4.48. The van der Waals surface area contributed by atoms with Crippen LogP contribution in [0.3, 0.4) is 0 Å². The largest absolute Gasteiger partial charge is 0.496 e. The molecule has 1 rings (SSSR count). The third-order valence-electron chi connectivity index (χ3n) is 3.03. The molecule has 0 aliphatic rings. The van der Waals surface area contributed by atoms with Gasteiger partial charge in [-0.05, 0) is 43.5 Å². The minimum Gasteiger partial charge on any atom is -0.496 e. The van der Waals surface area contributed by atoms with Gasteiger partial charge >= 0.3 is 0 Å². The van der Waals surface area contributed by atoms with E-state index in [1.54, 1.807) is 7.11 Å². The first-order chi connectivity index (χ1) is 7.52. The predicted octanol–water partition coefficient (Wildman–Crippen LogP) is 3.30. The summed E-state index contributed by atoms with van der Waals surface area (Å²) in [5.74, 6) is 1.60. The smallest absolute Gasteiger partial charge is 0.122 e. The van der Waals surface area contributed by atoms with Gasteiger partial charge in [0.25, 0.3) is 0 Å². The average molecular weight is 242 g/mol. The van der Waals surface area contributed by atoms with Crippen molar-refractivity contribution in [3.8, 4) is 5.75 Å². The molecule has 0 saturated heterocycles. The molecular formula is C13H20ClNO. The molecule has 16 heavy (non-hydrogen) atoms.